The van der Waals surface area contributed by atoms with Crippen molar-refractivity contribution in [2.45, 2.75) is 19.4 Å². The first-order valence-electron chi connectivity index (χ1n) is 7.49. The first-order valence-corrected chi connectivity index (χ1v) is 7.49. The van der Waals surface area contributed by atoms with Crippen molar-refractivity contribution in [3.63, 3.8) is 0 Å². The second kappa shape index (κ2) is 6.10. The third-order valence-electron chi connectivity index (χ3n) is 3.85. The van der Waals surface area contributed by atoms with Crippen LogP contribution in [-0.2, 0) is 7.05 Å². The number of nitrogens with zero attached hydrogens (tertiary/aromatic N) is 2. The number of hydrogen-bond acceptors (Lipinski definition) is 2. The van der Waals surface area contributed by atoms with Crippen LogP contribution >= 0.6 is 0 Å². The van der Waals surface area contributed by atoms with Gasteiger partial charge in [-0.05, 0) is 29.3 Å². The van der Waals surface area contributed by atoms with Gasteiger partial charge in [-0.2, -0.15) is 0 Å². The Hall–Kier alpha value is -2.13. The molecule has 0 saturated carbocycles. The Morgan fingerprint density at radius 1 is 1.14 bits per heavy atom. The zero-order valence-corrected chi connectivity index (χ0v) is 12.6. The van der Waals surface area contributed by atoms with Gasteiger partial charge in [-0.3, -0.25) is 0 Å². The van der Waals surface area contributed by atoms with Crippen LogP contribution in [0.25, 0.3) is 10.8 Å². The molecule has 0 bridgehead atoms. The average molecular weight is 279 g/mol. The van der Waals surface area contributed by atoms with Gasteiger partial charge in [0.25, 0.3) is 0 Å². The number of hydrogen-bond donors (Lipinski definition) is 1. The highest BCUT2D eigenvalue weighted by Crippen LogP contribution is 2.28. The highest BCUT2D eigenvalue weighted by Gasteiger charge is 2.19. The highest BCUT2D eigenvalue weighted by atomic mass is 15.1. The van der Waals surface area contributed by atoms with Crippen molar-refractivity contribution in [2.24, 2.45) is 7.05 Å². The van der Waals surface area contributed by atoms with E-state index in [1.807, 2.05) is 19.4 Å². The number of fused-ring (bicyclic) bond motifs is 1. The van der Waals surface area contributed by atoms with Crippen LogP contribution < -0.4 is 5.32 Å². The third kappa shape index (κ3) is 2.69. The summed E-state index contributed by atoms with van der Waals surface area (Å²) in [7, 11) is 2.05. The van der Waals surface area contributed by atoms with Gasteiger partial charge < -0.3 is 9.88 Å². The Bertz CT molecular complexity index is 725. The highest BCUT2D eigenvalue weighted by molar-refractivity contribution is 5.86. The Kier molecular flexibility index (Phi) is 4.02. The summed E-state index contributed by atoms with van der Waals surface area (Å²) >= 11 is 0. The normalized spacial score (nSPS) is 12.7. The lowest BCUT2D eigenvalue weighted by Gasteiger charge is -2.20. The number of rotatable bonds is 5. The molecule has 1 aromatic heterocycles. The minimum absolute atomic E-state index is 0.121. The predicted molar refractivity (Wildman–Crippen MR) is 87.3 cm³/mol. The smallest absolute Gasteiger partial charge is 0.130 e. The van der Waals surface area contributed by atoms with Crippen LogP contribution in [0.15, 0.2) is 54.9 Å². The summed E-state index contributed by atoms with van der Waals surface area (Å²) in [6.45, 7) is 3.16. The Morgan fingerprint density at radius 2 is 1.95 bits per heavy atom. The monoisotopic (exact) mass is 279 g/mol. The van der Waals surface area contributed by atoms with Crippen LogP contribution in [0.1, 0.15) is 30.8 Å². The molecule has 21 heavy (non-hydrogen) atoms. The van der Waals surface area contributed by atoms with Gasteiger partial charge in [0.2, 0.25) is 0 Å². The topological polar surface area (TPSA) is 29.9 Å². The van der Waals surface area contributed by atoms with E-state index in [0.29, 0.717) is 0 Å². The molecule has 3 nitrogen and oxygen atoms in total. The summed E-state index contributed by atoms with van der Waals surface area (Å²) in [5.41, 5.74) is 1.29. The fourth-order valence-corrected chi connectivity index (χ4v) is 2.79. The van der Waals surface area contributed by atoms with E-state index >= 15 is 0 Å². The molecule has 0 aliphatic rings. The molecule has 3 aromatic rings. The predicted octanol–water partition coefficient (Wildman–Crippen LogP) is 3.66. The van der Waals surface area contributed by atoms with E-state index in [1.165, 1.54) is 16.3 Å². The van der Waals surface area contributed by atoms with Gasteiger partial charge in [-0.1, -0.05) is 49.4 Å². The second-order valence-electron chi connectivity index (χ2n) is 5.35. The number of imidazole rings is 1. The molecule has 3 rings (SSSR count). The van der Waals surface area contributed by atoms with E-state index in [4.69, 9.17) is 0 Å². The first kappa shape index (κ1) is 13.8. The molecule has 1 unspecified atom stereocenters. The Balaban J connectivity index is 2.12. The maximum atomic E-state index is 4.55. The number of aromatic nitrogens is 2. The first-order chi connectivity index (χ1) is 10.3. The minimum atomic E-state index is 0.121. The molecule has 108 valence electrons. The van der Waals surface area contributed by atoms with Gasteiger partial charge in [0.1, 0.15) is 5.82 Å². The van der Waals surface area contributed by atoms with Gasteiger partial charge in [-0.15, -0.1) is 0 Å². The lowest BCUT2D eigenvalue weighted by Crippen LogP contribution is -2.26. The maximum Gasteiger partial charge on any atom is 0.130 e. The Morgan fingerprint density at radius 3 is 2.71 bits per heavy atom. The van der Waals surface area contributed by atoms with E-state index in [-0.39, 0.29) is 6.04 Å². The molecule has 1 atom stereocenters. The fourth-order valence-electron chi connectivity index (χ4n) is 2.79. The van der Waals surface area contributed by atoms with Crippen molar-refractivity contribution >= 4 is 10.8 Å². The van der Waals surface area contributed by atoms with E-state index in [0.717, 1.165) is 18.8 Å². The SMILES string of the molecule is CCCNC(c1cccc2ccccc12)c1nccn1C. The second-order valence-corrected chi connectivity index (χ2v) is 5.35. The van der Waals surface area contributed by atoms with E-state index in [9.17, 15) is 0 Å². The van der Waals surface area contributed by atoms with Gasteiger partial charge in [0, 0.05) is 19.4 Å². The van der Waals surface area contributed by atoms with Crippen LogP contribution in [0, 0.1) is 0 Å². The summed E-state index contributed by atoms with van der Waals surface area (Å²) < 4.78 is 2.09. The molecule has 1 N–H and O–H groups in total. The van der Waals surface area contributed by atoms with Crippen LogP contribution in [0.2, 0.25) is 0 Å². The van der Waals surface area contributed by atoms with Gasteiger partial charge in [0.05, 0.1) is 6.04 Å². The molecule has 0 fully saturated rings. The van der Waals surface area contributed by atoms with Crippen molar-refractivity contribution < 1.29 is 0 Å². The van der Waals surface area contributed by atoms with E-state index in [2.05, 4.69) is 64.3 Å². The summed E-state index contributed by atoms with van der Waals surface area (Å²) in [6, 6.07) is 15.1. The van der Waals surface area contributed by atoms with Crippen molar-refractivity contribution in [2.75, 3.05) is 6.54 Å². The quantitative estimate of drug-likeness (QED) is 0.772. The Labute approximate surface area is 125 Å². The van der Waals surface area contributed by atoms with Crippen molar-refractivity contribution in [3.05, 3.63) is 66.2 Å². The van der Waals surface area contributed by atoms with Crippen LogP contribution in [0.4, 0.5) is 0 Å². The molecular weight excluding hydrogens is 258 g/mol. The minimum Gasteiger partial charge on any atom is -0.336 e. The van der Waals surface area contributed by atoms with Crippen molar-refractivity contribution in [3.8, 4) is 0 Å². The molecule has 0 radical (unpaired) electrons. The maximum absolute atomic E-state index is 4.55. The lowest BCUT2D eigenvalue weighted by atomic mass is 9.98. The standard InChI is InChI=1S/C18H21N3/c1-3-11-19-17(18-20-12-13-21(18)2)16-10-6-8-14-7-4-5-9-15(14)16/h4-10,12-13,17,19H,3,11H2,1-2H3. The van der Waals surface area contributed by atoms with E-state index < -0.39 is 0 Å². The third-order valence-corrected chi connectivity index (χ3v) is 3.85. The average Bonchev–Trinajstić information content (AvgIpc) is 2.94. The van der Waals surface area contributed by atoms with Gasteiger partial charge in [0.15, 0.2) is 0 Å². The fraction of sp³-hybridized carbons (Fsp3) is 0.278. The van der Waals surface area contributed by atoms with Gasteiger partial charge >= 0.3 is 0 Å². The molecule has 0 amide bonds. The molecule has 3 heteroatoms. The molecule has 0 saturated heterocycles. The molecule has 1 heterocycles. The number of nitrogens with one attached hydrogen (secondary N) is 1. The van der Waals surface area contributed by atoms with Crippen LogP contribution in [-0.4, -0.2) is 16.1 Å². The lowest BCUT2D eigenvalue weighted by molar-refractivity contribution is 0.558. The van der Waals surface area contributed by atoms with Crippen LogP contribution in [0.5, 0.6) is 0 Å². The zero-order chi connectivity index (χ0) is 14.7. The number of aryl methyl sites for hydroxylation is 1. The van der Waals surface area contributed by atoms with Crippen molar-refractivity contribution in [1.29, 1.82) is 0 Å². The largest absolute Gasteiger partial charge is 0.336 e. The molecule has 0 spiro atoms. The van der Waals surface area contributed by atoms with Gasteiger partial charge in [-0.25, -0.2) is 4.98 Å². The van der Waals surface area contributed by atoms with Crippen LogP contribution in [0.3, 0.4) is 0 Å². The van der Waals surface area contributed by atoms with Crippen molar-refractivity contribution in [1.82, 2.24) is 14.9 Å². The summed E-state index contributed by atoms with van der Waals surface area (Å²) in [5.74, 6) is 1.06. The summed E-state index contributed by atoms with van der Waals surface area (Å²) in [5, 5.41) is 6.20. The summed E-state index contributed by atoms with van der Waals surface area (Å²) in [6.07, 6.45) is 4.97. The number of benzene rings is 2. The molecule has 2 aromatic carbocycles. The molecule has 0 aliphatic carbocycles. The summed E-state index contributed by atoms with van der Waals surface area (Å²) in [4.78, 5) is 4.55. The van der Waals surface area contributed by atoms with E-state index in [1.54, 1.807) is 0 Å². The molecular formula is C18H21N3. The molecule has 0 aliphatic heterocycles. The zero-order valence-electron chi connectivity index (χ0n) is 12.6.